The number of anilines is 5. The fourth-order valence-corrected chi connectivity index (χ4v) is 5.23. The fourth-order valence-electron chi connectivity index (χ4n) is 5.09. The smallest absolute Gasteiger partial charge is 0.475 e. The zero-order chi connectivity index (χ0) is 39.8. The molecule has 288 valence electrons. The Morgan fingerprint density at radius 2 is 1.63 bits per heavy atom. The van der Waals surface area contributed by atoms with Crippen LogP contribution in [-0.4, -0.2) is 89.0 Å². The molecule has 2 amide bonds. The van der Waals surface area contributed by atoms with Gasteiger partial charge in [0.1, 0.15) is 10.7 Å². The molecular formula is C32H30ClF6N9O6. The molecule has 5 heterocycles. The number of fused-ring (bicyclic) bond motifs is 6. The summed E-state index contributed by atoms with van der Waals surface area (Å²) in [6, 6.07) is 9.50. The Balaban J connectivity index is 0.000000396. The monoisotopic (exact) mass is 785 g/mol. The zero-order valence-electron chi connectivity index (χ0n) is 27.9. The van der Waals surface area contributed by atoms with Crippen molar-refractivity contribution in [1.29, 1.82) is 0 Å². The minimum Gasteiger partial charge on any atom is -0.475 e. The molecule has 2 aliphatic heterocycles. The summed E-state index contributed by atoms with van der Waals surface area (Å²) in [5.74, 6) is -4.72. The van der Waals surface area contributed by atoms with E-state index in [0.717, 1.165) is 41.0 Å². The van der Waals surface area contributed by atoms with Gasteiger partial charge in [-0.2, -0.15) is 36.4 Å². The number of rotatable bonds is 4. The lowest BCUT2D eigenvalue weighted by Gasteiger charge is -2.17. The van der Waals surface area contributed by atoms with E-state index in [2.05, 4.69) is 36.0 Å². The lowest BCUT2D eigenvalue weighted by Crippen LogP contribution is -2.29. The average molecular weight is 786 g/mol. The number of nitrogens with zero attached hydrogens (tertiary/aromatic N) is 6. The van der Waals surface area contributed by atoms with Crippen molar-refractivity contribution in [3.8, 4) is 0 Å². The van der Waals surface area contributed by atoms with E-state index in [1.165, 1.54) is 0 Å². The first kappa shape index (κ1) is 40.8. The number of carbonyl (C=O) groups is 4. The van der Waals surface area contributed by atoms with E-state index in [1.807, 2.05) is 30.5 Å². The van der Waals surface area contributed by atoms with Crippen molar-refractivity contribution in [3.05, 3.63) is 77.0 Å². The number of pyridine rings is 1. The van der Waals surface area contributed by atoms with E-state index in [-0.39, 0.29) is 17.7 Å². The number of hydrogen-bond donors (Lipinski definition) is 5. The average Bonchev–Trinajstić information content (AvgIpc) is 3.74. The summed E-state index contributed by atoms with van der Waals surface area (Å²) in [4.78, 5) is 58.6. The standard InChI is InChI=1S/C28H28ClN9O2.2C2HF3O2/c1-37-8-7-24(36-37)27(40)38-9-6-18(16-38)11-25(39)34-23-5-4-20-12-19(23)3-2-17-10-21(14-30-13-17)33-28-31-15-22(29)26(32-20)35-28;2*3-2(4,5)1(6)7/h4-5,7-8,10,12-15,18H,2-3,6,9,11,16H2,1H3,(H,34,39)(H2,31,32,33,35);2*(H,6,7)/t18-;;/m0../s1. The van der Waals surface area contributed by atoms with Crippen molar-refractivity contribution in [3.63, 3.8) is 0 Å². The first-order valence-electron chi connectivity index (χ1n) is 15.6. The Kier molecular flexibility index (Phi) is 13.0. The summed E-state index contributed by atoms with van der Waals surface area (Å²) in [5.41, 5.74) is 4.76. The quantitative estimate of drug-likeness (QED) is 0.161. The summed E-state index contributed by atoms with van der Waals surface area (Å²) in [5, 5.41) is 28.4. The predicted octanol–water partition coefficient (Wildman–Crippen LogP) is 5.60. The SMILES string of the molecule is Cn1ccc(C(=O)N2CC[C@@H](CC(=O)Nc3ccc4cc3CCc3cncc(c3)Nc3ncc(Cl)c(n3)N4)C2)n1.O=C(O)C(F)(F)F.O=C(O)C(F)(F)F. The molecule has 0 spiro atoms. The number of aliphatic carboxylic acids is 2. The predicted molar refractivity (Wildman–Crippen MR) is 180 cm³/mol. The van der Waals surface area contributed by atoms with Crippen molar-refractivity contribution in [2.75, 3.05) is 29.0 Å². The van der Waals surface area contributed by atoms with Gasteiger partial charge in [-0.15, -0.1) is 0 Å². The van der Waals surface area contributed by atoms with Crippen LogP contribution < -0.4 is 16.0 Å². The van der Waals surface area contributed by atoms with Crippen LogP contribution in [0.15, 0.2) is 55.1 Å². The van der Waals surface area contributed by atoms with Gasteiger partial charge in [0.05, 0.1) is 18.1 Å². The number of benzene rings is 1. The second kappa shape index (κ2) is 17.2. The Labute approximate surface area is 306 Å². The van der Waals surface area contributed by atoms with Crippen LogP contribution in [0.25, 0.3) is 0 Å². The van der Waals surface area contributed by atoms with Crippen LogP contribution in [0.4, 0.5) is 55.2 Å². The zero-order valence-corrected chi connectivity index (χ0v) is 28.6. The molecule has 0 saturated carbocycles. The van der Waals surface area contributed by atoms with Crippen LogP contribution in [0.3, 0.4) is 0 Å². The van der Waals surface area contributed by atoms with E-state index < -0.39 is 24.3 Å². The number of carboxylic acids is 2. The van der Waals surface area contributed by atoms with Crippen molar-refractivity contribution in [1.82, 2.24) is 29.6 Å². The summed E-state index contributed by atoms with van der Waals surface area (Å²) in [6.07, 6.45) is -0.803. The number of likely N-dealkylation sites (tertiary alicyclic amines) is 1. The molecule has 0 radical (unpaired) electrons. The van der Waals surface area contributed by atoms with Crippen LogP contribution in [-0.2, 0) is 34.3 Å². The Bertz CT molecular complexity index is 1990. The molecule has 4 aromatic rings. The topological polar surface area (TPSA) is 205 Å². The molecule has 54 heavy (non-hydrogen) atoms. The number of alkyl halides is 6. The minimum atomic E-state index is -5.08. The second-order valence-corrected chi connectivity index (χ2v) is 12.1. The normalized spacial score (nSPS) is 14.9. The molecule has 5 N–H and O–H groups in total. The summed E-state index contributed by atoms with van der Waals surface area (Å²) < 4.78 is 65.1. The van der Waals surface area contributed by atoms with Crippen molar-refractivity contribution in [2.24, 2.45) is 13.0 Å². The molecule has 15 nitrogen and oxygen atoms in total. The highest BCUT2D eigenvalue weighted by atomic mass is 35.5. The molecule has 1 atom stereocenters. The number of carboxylic acid groups (broad SMARTS) is 2. The second-order valence-electron chi connectivity index (χ2n) is 11.7. The van der Waals surface area contributed by atoms with Gasteiger partial charge in [0, 0.05) is 50.3 Å². The highest BCUT2D eigenvalue weighted by molar-refractivity contribution is 6.32. The van der Waals surface area contributed by atoms with Crippen molar-refractivity contribution < 1.29 is 55.7 Å². The van der Waals surface area contributed by atoms with Gasteiger partial charge in [0.25, 0.3) is 5.91 Å². The van der Waals surface area contributed by atoms with Gasteiger partial charge in [0.15, 0.2) is 5.82 Å². The van der Waals surface area contributed by atoms with Gasteiger partial charge < -0.3 is 31.1 Å². The maximum atomic E-state index is 13.1. The largest absolute Gasteiger partial charge is 0.490 e. The first-order valence-corrected chi connectivity index (χ1v) is 16.0. The fraction of sp³-hybridized carbons (Fsp3) is 0.312. The maximum Gasteiger partial charge on any atom is 0.490 e. The van der Waals surface area contributed by atoms with Gasteiger partial charge in [-0.3, -0.25) is 19.3 Å². The van der Waals surface area contributed by atoms with E-state index in [4.69, 9.17) is 31.4 Å². The third kappa shape index (κ3) is 11.8. The van der Waals surface area contributed by atoms with Gasteiger partial charge >= 0.3 is 24.3 Å². The van der Waals surface area contributed by atoms with Gasteiger partial charge in [0.2, 0.25) is 11.9 Å². The van der Waals surface area contributed by atoms with Crippen LogP contribution in [0.5, 0.6) is 0 Å². The highest BCUT2D eigenvalue weighted by Crippen LogP contribution is 2.30. The van der Waals surface area contributed by atoms with Crippen LogP contribution in [0, 0.1) is 5.92 Å². The molecule has 0 unspecified atom stereocenters. The molecule has 0 aliphatic carbocycles. The lowest BCUT2D eigenvalue weighted by molar-refractivity contribution is -0.193. The number of halogens is 7. The number of nitrogens with one attached hydrogen (secondary N) is 3. The van der Waals surface area contributed by atoms with Crippen molar-refractivity contribution >= 4 is 64.2 Å². The summed E-state index contributed by atoms with van der Waals surface area (Å²) >= 11 is 6.37. The van der Waals surface area contributed by atoms with Gasteiger partial charge in [-0.1, -0.05) is 11.6 Å². The summed E-state index contributed by atoms with van der Waals surface area (Å²) in [7, 11) is 1.78. The van der Waals surface area contributed by atoms with E-state index in [1.54, 1.807) is 41.3 Å². The molecular weight excluding hydrogens is 756 g/mol. The molecule has 1 saturated heterocycles. The van der Waals surface area contributed by atoms with Crippen LogP contribution in [0.2, 0.25) is 5.02 Å². The minimum absolute atomic E-state index is 0.0756. The van der Waals surface area contributed by atoms with Crippen molar-refractivity contribution in [2.45, 2.75) is 38.0 Å². The molecule has 3 aromatic heterocycles. The molecule has 22 heteroatoms. The number of amides is 2. The molecule has 6 bridgehead atoms. The Hall–Kier alpha value is -5.99. The molecule has 2 aliphatic rings. The first-order chi connectivity index (χ1) is 25.3. The van der Waals surface area contributed by atoms with E-state index >= 15 is 0 Å². The van der Waals surface area contributed by atoms with E-state index in [0.29, 0.717) is 48.4 Å². The van der Waals surface area contributed by atoms with Crippen LogP contribution >= 0.6 is 11.6 Å². The third-order valence-corrected chi connectivity index (χ3v) is 7.86. The molecule has 6 rings (SSSR count). The highest BCUT2D eigenvalue weighted by Gasteiger charge is 2.39. The molecule has 1 aromatic carbocycles. The maximum absolute atomic E-state index is 13.1. The number of aromatic nitrogens is 5. The van der Waals surface area contributed by atoms with Gasteiger partial charge in [-0.05, 0) is 66.6 Å². The number of carbonyl (C=O) groups excluding carboxylic acids is 2. The number of hydrogen-bond acceptors (Lipinski definition) is 10. The third-order valence-electron chi connectivity index (χ3n) is 7.59. The Morgan fingerprint density at radius 1 is 0.944 bits per heavy atom. The summed E-state index contributed by atoms with van der Waals surface area (Å²) in [6.45, 7) is 1.16. The van der Waals surface area contributed by atoms with E-state index in [9.17, 15) is 35.9 Å². The lowest BCUT2D eigenvalue weighted by atomic mass is 10.0. The Morgan fingerprint density at radius 3 is 2.26 bits per heavy atom. The number of aryl methyl sites for hydroxylation is 3. The van der Waals surface area contributed by atoms with Crippen LogP contribution in [0.1, 0.15) is 34.5 Å². The molecule has 1 fully saturated rings. The van der Waals surface area contributed by atoms with Gasteiger partial charge in [-0.25, -0.2) is 14.6 Å².